The van der Waals surface area contributed by atoms with Crippen molar-refractivity contribution in [3.63, 3.8) is 0 Å². The minimum Gasteiger partial charge on any atom is -0.368 e. The molecular weight excluding hydrogens is 401 g/mol. The lowest BCUT2D eigenvalue weighted by molar-refractivity contribution is 0.0664. The monoisotopic (exact) mass is 429 g/mol. The molecule has 10 nitrogen and oxygen atoms in total. The lowest BCUT2D eigenvalue weighted by Crippen LogP contribution is -2.67. The van der Waals surface area contributed by atoms with E-state index in [1.54, 1.807) is 18.0 Å². The van der Waals surface area contributed by atoms with Crippen molar-refractivity contribution in [2.24, 2.45) is 11.6 Å². The molecule has 1 unspecified atom stereocenters. The Morgan fingerprint density at radius 2 is 2.29 bits per heavy atom. The Hall–Kier alpha value is -3.18. The number of hydrogen-bond acceptors (Lipinski definition) is 8. The van der Waals surface area contributed by atoms with Crippen LogP contribution >= 0.6 is 0 Å². The highest BCUT2D eigenvalue weighted by Crippen LogP contribution is 2.30. The molecule has 0 aromatic carbocycles. The number of anilines is 1. The second-order valence-electron chi connectivity index (χ2n) is 7.83. The van der Waals surface area contributed by atoms with Crippen LogP contribution in [0.15, 0.2) is 36.3 Å². The molecule has 1 fully saturated rings. The molecular formula is C20H28FN9O. The summed E-state index contributed by atoms with van der Waals surface area (Å²) in [6, 6.07) is -0.339. The Morgan fingerprint density at radius 3 is 3.10 bits per heavy atom. The van der Waals surface area contributed by atoms with Gasteiger partial charge in [0.25, 0.3) is 0 Å². The highest BCUT2D eigenvalue weighted by Gasteiger charge is 2.39. The lowest BCUT2D eigenvalue weighted by atomic mass is 9.96. The molecule has 2 atom stereocenters. The molecule has 166 valence electrons. The van der Waals surface area contributed by atoms with Gasteiger partial charge in [0.15, 0.2) is 17.5 Å². The minimum atomic E-state index is -1.00. The van der Waals surface area contributed by atoms with Gasteiger partial charge >= 0.3 is 6.03 Å². The third-order valence-electron chi connectivity index (χ3n) is 5.79. The maximum atomic E-state index is 14.5. The zero-order valence-electron chi connectivity index (χ0n) is 17.4. The Labute approximate surface area is 180 Å². The van der Waals surface area contributed by atoms with Crippen molar-refractivity contribution in [1.29, 1.82) is 0 Å². The van der Waals surface area contributed by atoms with Gasteiger partial charge in [0.05, 0.1) is 12.7 Å². The van der Waals surface area contributed by atoms with E-state index in [1.807, 2.05) is 18.4 Å². The number of fused-ring (bicyclic) bond motifs is 1. The molecule has 7 N–H and O–H groups in total. The maximum Gasteiger partial charge on any atom is 0.335 e. The summed E-state index contributed by atoms with van der Waals surface area (Å²) >= 11 is 0. The summed E-state index contributed by atoms with van der Waals surface area (Å²) in [5, 5.41) is 10.5. The molecule has 31 heavy (non-hydrogen) atoms. The van der Waals surface area contributed by atoms with Gasteiger partial charge in [-0.3, -0.25) is 5.01 Å². The van der Waals surface area contributed by atoms with Gasteiger partial charge in [0.2, 0.25) is 0 Å². The molecule has 3 aliphatic heterocycles. The first kappa shape index (κ1) is 21.1. The number of likely N-dealkylation sites (tertiary alicyclic amines) is 1. The van der Waals surface area contributed by atoms with Crippen LogP contribution in [0.5, 0.6) is 0 Å². The van der Waals surface area contributed by atoms with Gasteiger partial charge in [0, 0.05) is 30.4 Å². The van der Waals surface area contributed by atoms with Crippen LogP contribution in [0.25, 0.3) is 5.57 Å². The van der Waals surface area contributed by atoms with Crippen molar-refractivity contribution in [3.8, 4) is 0 Å². The Kier molecular flexibility index (Phi) is 5.79. The summed E-state index contributed by atoms with van der Waals surface area (Å²) in [5.74, 6) is 5.64. The fourth-order valence-electron chi connectivity index (χ4n) is 3.99. The molecule has 1 aromatic rings. The van der Waals surface area contributed by atoms with Gasteiger partial charge < -0.3 is 26.6 Å². The first-order valence-corrected chi connectivity index (χ1v) is 10.4. The van der Waals surface area contributed by atoms with E-state index in [0.29, 0.717) is 25.3 Å². The van der Waals surface area contributed by atoms with E-state index < -0.39 is 11.5 Å². The predicted octanol–water partition coefficient (Wildman–Crippen LogP) is 0.798. The number of urea groups is 1. The molecule has 4 rings (SSSR count). The fraction of sp³-hybridized carbons (Fsp3) is 0.450. The topological polar surface area (TPSA) is 137 Å². The number of aromatic nitrogens is 2. The molecule has 0 saturated carbocycles. The summed E-state index contributed by atoms with van der Waals surface area (Å²) < 4.78 is 14.5. The molecule has 0 bridgehead atoms. The van der Waals surface area contributed by atoms with Crippen LogP contribution in [0.1, 0.15) is 32.0 Å². The van der Waals surface area contributed by atoms with Crippen molar-refractivity contribution in [1.82, 2.24) is 30.5 Å². The lowest BCUT2D eigenvalue weighted by Gasteiger charge is -2.45. The molecule has 0 aliphatic carbocycles. The van der Waals surface area contributed by atoms with E-state index in [4.69, 9.17) is 11.6 Å². The summed E-state index contributed by atoms with van der Waals surface area (Å²) in [6.07, 6.45) is 10.9. The molecule has 1 saturated heterocycles. The average Bonchev–Trinajstić information content (AvgIpc) is 3.22. The van der Waals surface area contributed by atoms with Gasteiger partial charge in [-0.05, 0) is 38.5 Å². The van der Waals surface area contributed by atoms with Crippen molar-refractivity contribution >= 4 is 17.4 Å². The van der Waals surface area contributed by atoms with Crippen LogP contribution in [0.4, 0.5) is 15.0 Å². The number of nitrogens with zero attached hydrogens (tertiary/aromatic N) is 4. The number of carbonyl (C=O) groups excluding carboxylic acids is 1. The van der Waals surface area contributed by atoms with E-state index in [1.165, 1.54) is 0 Å². The Bertz CT molecular complexity index is 947. The van der Waals surface area contributed by atoms with Gasteiger partial charge in [-0.1, -0.05) is 6.08 Å². The zero-order chi connectivity index (χ0) is 22.0. The number of nitrogens with two attached hydrogens (primary N) is 2. The predicted molar refractivity (Wildman–Crippen MR) is 115 cm³/mol. The number of dihydropyridines is 1. The number of nitrogens with one attached hydrogen (secondary N) is 3. The average molecular weight is 430 g/mol. The number of allylic oxidation sites excluding steroid dienone is 2. The number of hydrogen-bond donors (Lipinski definition) is 5. The molecule has 11 heteroatoms. The third-order valence-corrected chi connectivity index (χ3v) is 5.79. The molecule has 0 radical (unpaired) electrons. The van der Waals surface area contributed by atoms with Crippen LogP contribution in [-0.4, -0.2) is 57.4 Å². The Morgan fingerprint density at radius 1 is 1.45 bits per heavy atom. The third kappa shape index (κ3) is 4.06. The molecule has 3 aliphatic rings. The van der Waals surface area contributed by atoms with Crippen molar-refractivity contribution in [3.05, 3.63) is 48.0 Å². The van der Waals surface area contributed by atoms with E-state index in [0.717, 1.165) is 35.2 Å². The minimum absolute atomic E-state index is 0.0390. The van der Waals surface area contributed by atoms with Gasteiger partial charge in [-0.2, -0.15) is 0 Å². The second-order valence-corrected chi connectivity index (χ2v) is 7.83. The highest BCUT2D eigenvalue weighted by atomic mass is 19.1. The van der Waals surface area contributed by atoms with Crippen molar-refractivity contribution < 1.29 is 9.18 Å². The molecule has 4 heterocycles. The number of amides is 2. The first-order chi connectivity index (χ1) is 14.9. The van der Waals surface area contributed by atoms with E-state index in [-0.39, 0.29) is 24.6 Å². The van der Waals surface area contributed by atoms with Crippen molar-refractivity contribution in [2.75, 3.05) is 25.0 Å². The van der Waals surface area contributed by atoms with Crippen LogP contribution in [-0.2, 0) is 0 Å². The number of rotatable bonds is 5. The van der Waals surface area contributed by atoms with Gasteiger partial charge in [-0.25, -0.2) is 25.0 Å². The summed E-state index contributed by atoms with van der Waals surface area (Å²) in [7, 11) is 0. The first-order valence-electron chi connectivity index (χ1n) is 10.4. The maximum absolute atomic E-state index is 14.5. The number of halogens is 1. The summed E-state index contributed by atoms with van der Waals surface area (Å²) in [5.41, 5.74) is 7.35. The Balaban J connectivity index is 1.53. The second kappa shape index (κ2) is 8.52. The summed E-state index contributed by atoms with van der Waals surface area (Å²) in [4.78, 5) is 22.8. The van der Waals surface area contributed by atoms with E-state index >= 15 is 0 Å². The molecule has 2 amide bonds. The van der Waals surface area contributed by atoms with Crippen LogP contribution in [0, 0.1) is 5.82 Å². The van der Waals surface area contributed by atoms with Crippen LogP contribution < -0.4 is 27.5 Å². The quantitative estimate of drug-likeness (QED) is 0.263. The standard InChI is InChI=1S/C20H28FN9O/c1-2-30(23)19(31)29-9-4-3-7-20(29,22)12-27-18-15(21)11-26-17(28-18)14-10-25-16-13(14)6-5-8-24-16/h5-6,8,10-11,16,24-25H,2-4,7,9,12,22-23H2,1H3,(H,26,27,28)/t16?,20-/m1/s1. The highest BCUT2D eigenvalue weighted by molar-refractivity contribution is 5.80. The van der Waals surface area contributed by atoms with Gasteiger partial charge in [-0.15, -0.1) is 0 Å². The largest absolute Gasteiger partial charge is 0.368 e. The summed E-state index contributed by atoms with van der Waals surface area (Å²) in [6.45, 7) is 2.79. The van der Waals surface area contributed by atoms with Crippen LogP contribution in [0.3, 0.4) is 0 Å². The fourth-order valence-corrected chi connectivity index (χ4v) is 3.99. The van der Waals surface area contributed by atoms with E-state index in [9.17, 15) is 9.18 Å². The zero-order valence-corrected chi connectivity index (χ0v) is 17.4. The van der Waals surface area contributed by atoms with Crippen LogP contribution in [0.2, 0.25) is 0 Å². The number of piperidine rings is 1. The smallest absolute Gasteiger partial charge is 0.335 e. The van der Waals surface area contributed by atoms with Gasteiger partial charge in [0.1, 0.15) is 11.8 Å². The van der Waals surface area contributed by atoms with E-state index in [2.05, 4.69) is 25.9 Å². The molecule has 1 aromatic heterocycles. The number of hydrazine groups is 1. The number of carbonyl (C=O) groups is 1. The van der Waals surface area contributed by atoms with Crippen molar-refractivity contribution in [2.45, 2.75) is 38.0 Å². The molecule has 0 spiro atoms. The normalized spacial score (nSPS) is 24.5. The SMILES string of the molecule is CCN(N)C(=O)N1CCCC[C@]1(N)CNc1nc(C2=CNC3NC=CC=C23)ncc1F.